The molecule has 20 heavy (non-hydrogen) atoms. The molecule has 0 saturated heterocycles. The molecule has 0 spiro atoms. The largest absolute Gasteiger partial charge is 0.462 e. The molecule has 0 fully saturated rings. The van der Waals surface area contributed by atoms with Gasteiger partial charge in [-0.15, -0.1) is 0 Å². The van der Waals surface area contributed by atoms with Gasteiger partial charge in [0, 0.05) is 0 Å². The SMILES string of the molecule is CCOC(=O)C(F)N1C(=O)C(=O)c2cc(F)cc(C)c21. The Morgan fingerprint density at radius 3 is 2.65 bits per heavy atom. The molecule has 0 aliphatic carbocycles. The number of carbonyl (C=O) groups is 3. The van der Waals surface area contributed by atoms with Crippen LogP contribution in [0, 0.1) is 12.7 Å². The fourth-order valence-corrected chi connectivity index (χ4v) is 2.09. The highest BCUT2D eigenvalue weighted by Gasteiger charge is 2.44. The monoisotopic (exact) mass is 283 g/mol. The van der Waals surface area contributed by atoms with Gasteiger partial charge in [0.15, 0.2) is 0 Å². The molecule has 1 aromatic carbocycles. The van der Waals surface area contributed by atoms with Gasteiger partial charge in [-0.3, -0.25) is 14.5 Å². The van der Waals surface area contributed by atoms with Crippen LogP contribution in [0.2, 0.25) is 0 Å². The van der Waals surface area contributed by atoms with Gasteiger partial charge in [-0.25, -0.2) is 13.6 Å². The Labute approximate surface area is 113 Å². The summed E-state index contributed by atoms with van der Waals surface area (Å²) < 4.78 is 31.8. The van der Waals surface area contributed by atoms with E-state index in [0.29, 0.717) is 4.90 Å². The zero-order valence-corrected chi connectivity index (χ0v) is 10.8. The predicted molar refractivity (Wildman–Crippen MR) is 64.5 cm³/mol. The van der Waals surface area contributed by atoms with Gasteiger partial charge in [0.2, 0.25) is 0 Å². The molecule has 0 N–H and O–H groups in total. The van der Waals surface area contributed by atoms with Crippen LogP contribution < -0.4 is 4.90 Å². The molecule has 7 heteroatoms. The van der Waals surface area contributed by atoms with Crippen LogP contribution in [0.25, 0.3) is 0 Å². The molecule has 0 aromatic heterocycles. The minimum absolute atomic E-state index is 0.0650. The van der Waals surface area contributed by atoms with Gasteiger partial charge >= 0.3 is 11.9 Å². The van der Waals surface area contributed by atoms with Gasteiger partial charge in [0.1, 0.15) is 5.82 Å². The van der Waals surface area contributed by atoms with Gasteiger partial charge in [0.25, 0.3) is 12.1 Å². The number of halogens is 2. The molecule has 1 amide bonds. The molecule has 106 valence electrons. The van der Waals surface area contributed by atoms with Crippen molar-refractivity contribution in [2.24, 2.45) is 0 Å². The minimum Gasteiger partial charge on any atom is -0.462 e. The Bertz CT molecular complexity index is 615. The number of benzene rings is 1. The van der Waals surface area contributed by atoms with Crippen molar-refractivity contribution in [1.29, 1.82) is 0 Å². The Kier molecular flexibility index (Phi) is 3.52. The van der Waals surface area contributed by atoms with Crippen molar-refractivity contribution >= 4 is 23.3 Å². The van der Waals surface area contributed by atoms with E-state index in [-0.39, 0.29) is 23.4 Å². The fourth-order valence-electron chi connectivity index (χ4n) is 2.09. The molecule has 1 aliphatic heterocycles. The molecule has 1 atom stereocenters. The first-order valence-electron chi connectivity index (χ1n) is 5.87. The zero-order valence-electron chi connectivity index (χ0n) is 10.8. The number of ether oxygens (including phenoxy) is 1. The highest BCUT2D eigenvalue weighted by atomic mass is 19.1. The van der Waals surface area contributed by atoms with Crippen LogP contribution in [-0.2, 0) is 14.3 Å². The van der Waals surface area contributed by atoms with E-state index in [1.807, 2.05) is 0 Å². The second-order valence-corrected chi connectivity index (χ2v) is 4.21. The average molecular weight is 283 g/mol. The summed E-state index contributed by atoms with van der Waals surface area (Å²) in [7, 11) is 0. The van der Waals surface area contributed by atoms with Gasteiger partial charge in [0.05, 0.1) is 17.9 Å². The average Bonchev–Trinajstić information content (AvgIpc) is 2.63. The van der Waals surface area contributed by atoms with Crippen molar-refractivity contribution in [3.63, 3.8) is 0 Å². The van der Waals surface area contributed by atoms with Crippen molar-refractivity contribution in [3.05, 3.63) is 29.1 Å². The Morgan fingerprint density at radius 2 is 2.05 bits per heavy atom. The smallest absolute Gasteiger partial charge is 0.362 e. The summed E-state index contributed by atoms with van der Waals surface area (Å²) in [5.74, 6) is -4.25. The van der Waals surface area contributed by atoms with E-state index < -0.39 is 29.8 Å². The molecule has 0 saturated carbocycles. The van der Waals surface area contributed by atoms with E-state index >= 15 is 0 Å². The van der Waals surface area contributed by atoms with Crippen LogP contribution >= 0.6 is 0 Å². The van der Waals surface area contributed by atoms with E-state index in [1.165, 1.54) is 13.8 Å². The van der Waals surface area contributed by atoms with Gasteiger partial charge in [-0.2, -0.15) is 0 Å². The Hall–Kier alpha value is -2.31. The first-order valence-corrected chi connectivity index (χ1v) is 5.87. The lowest BCUT2D eigenvalue weighted by molar-refractivity contribution is -0.150. The summed E-state index contributed by atoms with van der Waals surface area (Å²) in [4.78, 5) is 35.3. The first kappa shape index (κ1) is 14.1. The van der Waals surface area contributed by atoms with Crippen LogP contribution in [0.5, 0.6) is 0 Å². The lowest BCUT2D eigenvalue weighted by atomic mass is 10.1. The van der Waals surface area contributed by atoms with Gasteiger partial charge in [-0.1, -0.05) is 0 Å². The highest BCUT2D eigenvalue weighted by Crippen LogP contribution is 2.35. The molecule has 0 radical (unpaired) electrons. The number of rotatable bonds is 3. The lowest BCUT2D eigenvalue weighted by Gasteiger charge is -2.21. The lowest BCUT2D eigenvalue weighted by Crippen LogP contribution is -2.42. The van der Waals surface area contributed by atoms with E-state index in [2.05, 4.69) is 4.74 Å². The molecule has 1 aliphatic rings. The third-order valence-corrected chi connectivity index (χ3v) is 2.87. The number of fused-ring (bicyclic) bond motifs is 1. The standard InChI is InChI=1S/C13H11F2NO4/c1-3-20-13(19)11(15)16-9-6(2)4-7(14)5-8(9)10(17)12(16)18/h4-5,11H,3H2,1-2H3. The van der Waals surface area contributed by atoms with Crippen molar-refractivity contribution < 1.29 is 27.9 Å². The third kappa shape index (κ3) is 2.04. The van der Waals surface area contributed by atoms with Crippen molar-refractivity contribution in [3.8, 4) is 0 Å². The molecular formula is C13H11F2NO4. The molecule has 5 nitrogen and oxygen atoms in total. The number of anilines is 1. The van der Waals surface area contributed by atoms with Crippen LogP contribution in [0.4, 0.5) is 14.5 Å². The van der Waals surface area contributed by atoms with E-state index in [4.69, 9.17) is 0 Å². The second kappa shape index (κ2) is 4.99. The summed E-state index contributed by atoms with van der Waals surface area (Å²) in [5.41, 5.74) is -0.160. The molecule has 1 unspecified atom stereocenters. The number of Topliss-reactive ketones (excluding diaryl/α,β-unsaturated/α-hetero) is 1. The minimum atomic E-state index is -2.43. The Balaban J connectivity index is 2.51. The van der Waals surface area contributed by atoms with E-state index in [0.717, 1.165) is 12.1 Å². The molecule has 2 rings (SSSR count). The zero-order chi connectivity index (χ0) is 15.0. The number of aryl methyl sites for hydroxylation is 1. The number of carbonyl (C=O) groups excluding carboxylic acids is 3. The number of hydrogen-bond donors (Lipinski definition) is 0. The second-order valence-electron chi connectivity index (χ2n) is 4.21. The summed E-state index contributed by atoms with van der Waals surface area (Å²) >= 11 is 0. The molecular weight excluding hydrogens is 272 g/mol. The van der Waals surface area contributed by atoms with Crippen LogP contribution in [0.1, 0.15) is 22.8 Å². The van der Waals surface area contributed by atoms with Crippen LogP contribution in [0.3, 0.4) is 0 Å². The molecule has 0 bridgehead atoms. The quantitative estimate of drug-likeness (QED) is 0.479. The number of amides is 1. The maximum atomic E-state index is 14.1. The van der Waals surface area contributed by atoms with Crippen LogP contribution in [-0.4, -0.2) is 30.6 Å². The maximum absolute atomic E-state index is 14.1. The van der Waals surface area contributed by atoms with E-state index in [1.54, 1.807) is 0 Å². The van der Waals surface area contributed by atoms with Gasteiger partial charge < -0.3 is 4.74 Å². The number of hydrogen-bond acceptors (Lipinski definition) is 4. The van der Waals surface area contributed by atoms with Crippen molar-refractivity contribution in [2.45, 2.75) is 20.1 Å². The normalized spacial score (nSPS) is 15.3. The highest BCUT2D eigenvalue weighted by molar-refractivity contribution is 6.53. The topological polar surface area (TPSA) is 63.7 Å². The summed E-state index contributed by atoms with van der Waals surface area (Å²) in [6.45, 7) is 2.83. The van der Waals surface area contributed by atoms with Crippen LogP contribution in [0.15, 0.2) is 12.1 Å². The fraction of sp³-hybridized carbons (Fsp3) is 0.308. The van der Waals surface area contributed by atoms with Crippen molar-refractivity contribution in [2.75, 3.05) is 11.5 Å². The van der Waals surface area contributed by atoms with E-state index in [9.17, 15) is 23.2 Å². The molecule has 1 aromatic rings. The molecule has 1 heterocycles. The van der Waals surface area contributed by atoms with Crippen molar-refractivity contribution in [1.82, 2.24) is 0 Å². The third-order valence-electron chi connectivity index (χ3n) is 2.87. The maximum Gasteiger partial charge on any atom is 0.362 e. The summed E-state index contributed by atoms with van der Waals surface area (Å²) in [6, 6.07) is 1.90. The Morgan fingerprint density at radius 1 is 1.40 bits per heavy atom. The summed E-state index contributed by atoms with van der Waals surface area (Å²) in [5, 5.41) is 0. The number of ketones is 1. The number of nitrogens with zero attached hydrogens (tertiary/aromatic N) is 1. The van der Waals surface area contributed by atoms with Gasteiger partial charge in [-0.05, 0) is 31.5 Å². The number of esters is 1. The number of alkyl halides is 1. The predicted octanol–water partition coefficient (Wildman–Crippen LogP) is 1.52. The first-order chi connectivity index (χ1) is 9.38. The summed E-state index contributed by atoms with van der Waals surface area (Å²) in [6.07, 6.45) is -2.43.